The Hall–Kier alpha value is -1.66. The molecule has 5 nitrogen and oxygen atoms in total. The molecule has 0 fully saturated rings. The molecule has 0 spiro atoms. The first-order chi connectivity index (χ1) is 11.1. The molecule has 0 saturated carbocycles. The van der Waals surface area contributed by atoms with Gasteiger partial charge in [-0.1, -0.05) is 13.8 Å². The normalized spacial score (nSPS) is 12.3. The van der Waals surface area contributed by atoms with Crippen LogP contribution in [0.25, 0.3) is 0 Å². The first-order valence-corrected chi connectivity index (χ1v) is 9.01. The molecule has 2 heterocycles. The summed E-state index contributed by atoms with van der Waals surface area (Å²) in [4.78, 5) is 14.8. The highest BCUT2D eigenvalue weighted by atomic mass is 32.1. The Kier molecular flexibility index (Phi) is 6.36. The molecule has 6 heteroatoms. The van der Waals surface area contributed by atoms with Crippen LogP contribution in [0, 0.1) is 6.92 Å². The third-order valence-electron chi connectivity index (χ3n) is 3.95. The number of amides is 1. The molecule has 1 atom stereocenters. The number of carbonyl (C=O) groups excluding carboxylic acids is 1. The van der Waals surface area contributed by atoms with Gasteiger partial charge in [-0.2, -0.15) is 16.4 Å². The molecule has 0 bridgehead atoms. The van der Waals surface area contributed by atoms with Crippen LogP contribution in [0.1, 0.15) is 48.3 Å². The lowest BCUT2D eigenvalue weighted by molar-refractivity contribution is 0.0563. The molecule has 2 aromatic heterocycles. The van der Waals surface area contributed by atoms with Crippen LogP contribution in [-0.4, -0.2) is 38.3 Å². The molecule has 2 rings (SSSR count). The van der Waals surface area contributed by atoms with Gasteiger partial charge < -0.3 is 10.0 Å². The number of aliphatic hydroxyl groups is 1. The molecule has 0 aliphatic carbocycles. The highest BCUT2D eigenvalue weighted by Gasteiger charge is 2.26. The molecule has 23 heavy (non-hydrogen) atoms. The molecule has 1 amide bonds. The number of rotatable bonds is 8. The Morgan fingerprint density at radius 1 is 1.48 bits per heavy atom. The van der Waals surface area contributed by atoms with Gasteiger partial charge in [0, 0.05) is 19.3 Å². The molecule has 0 unspecified atom stereocenters. The maximum Gasteiger partial charge on any atom is 0.257 e. The zero-order valence-electron chi connectivity index (χ0n) is 14.0. The van der Waals surface area contributed by atoms with E-state index in [1.54, 1.807) is 16.2 Å². The Morgan fingerprint density at radius 3 is 2.83 bits per heavy atom. The number of thiophene rings is 1. The van der Waals surface area contributed by atoms with Gasteiger partial charge in [-0.3, -0.25) is 9.48 Å². The van der Waals surface area contributed by atoms with Crippen molar-refractivity contribution in [2.24, 2.45) is 0 Å². The Balaban J connectivity index is 2.28. The van der Waals surface area contributed by atoms with E-state index in [1.807, 2.05) is 41.6 Å². The van der Waals surface area contributed by atoms with E-state index in [4.69, 9.17) is 0 Å². The Labute approximate surface area is 141 Å². The fourth-order valence-corrected chi connectivity index (χ4v) is 3.28. The third-order valence-corrected chi connectivity index (χ3v) is 4.68. The average Bonchev–Trinajstić information content (AvgIpc) is 3.17. The second-order valence-corrected chi connectivity index (χ2v) is 6.48. The lowest BCUT2D eigenvalue weighted by atomic mass is 10.1. The summed E-state index contributed by atoms with van der Waals surface area (Å²) in [6.45, 7) is 7.22. The maximum absolute atomic E-state index is 13.0. The van der Waals surface area contributed by atoms with Gasteiger partial charge in [-0.05, 0) is 42.2 Å². The van der Waals surface area contributed by atoms with Crippen molar-refractivity contribution in [1.29, 1.82) is 0 Å². The lowest BCUT2D eigenvalue weighted by Crippen LogP contribution is -2.41. The van der Waals surface area contributed by atoms with Crippen molar-refractivity contribution in [1.82, 2.24) is 14.7 Å². The van der Waals surface area contributed by atoms with Gasteiger partial charge in [0.05, 0.1) is 23.9 Å². The predicted molar refractivity (Wildman–Crippen MR) is 92.6 cm³/mol. The van der Waals surface area contributed by atoms with E-state index in [-0.39, 0.29) is 18.6 Å². The molecule has 0 radical (unpaired) electrons. The lowest BCUT2D eigenvalue weighted by Gasteiger charge is -2.29. The van der Waals surface area contributed by atoms with Gasteiger partial charge in [-0.25, -0.2) is 0 Å². The highest BCUT2D eigenvalue weighted by molar-refractivity contribution is 7.07. The molecule has 0 aliphatic heterocycles. The number of aromatic nitrogens is 2. The van der Waals surface area contributed by atoms with Crippen molar-refractivity contribution in [2.45, 2.75) is 52.7 Å². The van der Waals surface area contributed by atoms with Gasteiger partial charge in [0.2, 0.25) is 0 Å². The minimum absolute atomic E-state index is 0.0332. The molecule has 126 valence electrons. The van der Waals surface area contributed by atoms with E-state index in [9.17, 15) is 9.90 Å². The van der Waals surface area contributed by atoms with Gasteiger partial charge in [0.1, 0.15) is 0 Å². The van der Waals surface area contributed by atoms with Crippen LogP contribution in [0.5, 0.6) is 0 Å². The standard InChI is InChI=1S/C17H25N3O2S/c1-4-7-19-10-16(13(3)18-19)17(22)20(15(5-2)11-21)9-14-6-8-23-12-14/h6,8,10,12,15,21H,4-5,7,9,11H2,1-3H3/t15-/m0/s1. The summed E-state index contributed by atoms with van der Waals surface area (Å²) in [5.41, 5.74) is 2.46. The van der Waals surface area contributed by atoms with E-state index < -0.39 is 0 Å². The van der Waals surface area contributed by atoms with Gasteiger partial charge in [0.15, 0.2) is 0 Å². The van der Waals surface area contributed by atoms with Crippen molar-refractivity contribution in [2.75, 3.05) is 6.61 Å². The molecule has 1 N–H and O–H groups in total. The smallest absolute Gasteiger partial charge is 0.257 e. The zero-order valence-corrected chi connectivity index (χ0v) is 14.8. The second-order valence-electron chi connectivity index (χ2n) is 5.70. The summed E-state index contributed by atoms with van der Waals surface area (Å²) in [6, 6.07) is 1.83. The van der Waals surface area contributed by atoms with Crippen LogP contribution in [0.15, 0.2) is 23.0 Å². The second kappa shape index (κ2) is 8.26. The topological polar surface area (TPSA) is 58.4 Å². The quantitative estimate of drug-likeness (QED) is 0.806. The number of hydrogen-bond donors (Lipinski definition) is 1. The monoisotopic (exact) mass is 335 g/mol. The van der Waals surface area contributed by atoms with Gasteiger partial charge >= 0.3 is 0 Å². The van der Waals surface area contributed by atoms with Crippen molar-refractivity contribution in [3.8, 4) is 0 Å². The molecule has 0 aromatic carbocycles. The molecule has 2 aromatic rings. The minimum atomic E-state index is -0.184. The van der Waals surface area contributed by atoms with Crippen LogP contribution in [0.3, 0.4) is 0 Å². The number of aliphatic hydroxyl groups excluding tert-OH is 1. The number of aryl methyl sites for hydroxylation is 2. The first-order valence-electron chi connectivity index (χ1n) is 8.07. The largest absolute Gasteiger partial charge is 0.394 e. The van der Waals surface area contributed by atoms with Crippen LogP contribution >= 0.6 is 11.3 Å². The van der Waals surface area contributed by atoms with E-state index in [0.717, 1.165) is 24.2 Å². The predicted octanol–water partition coefficient (Wildman–Crippen LogP) is 3.08. The summed E-state index contributed by atoms with van der Waals surface area (Å²) in [5, 5.41) is 18.1. The van der Waals surface area contributed by atoms with Crippen molar-refractivity contribution < 1.29 is 9.90 Å². The summed E-state index contributed by atoms with van der Waals surface area (Å²) in [6.07, 6.45) is 3.52. The maximum atomic E-state index is 13.0. The van der Waals surface area contributed by atoms with Gasteiger partial charge in [0.25, 0.3) is 5.91 Å². The van der Waals surface area contributed by atoms with E-state index in [0.29, 0.717) is 18.5 Å². The summed E-state index contributed by atoms with van der Waals surface area (Å²) in [5.74, 6) is -0.0584. The fraction of sp³-hybridized carbons (Fsp3) is 0.529. The Bertz CT molecular complexity index is 618. The number of nitrogens with zero attached hydrogens (tertiary/aromatic N) is 3. The van der Waals surface area contributed by atoms with Crippen molar-refractivity contribution in [3.63, 3.8) is 0 Å². The van der Waals surface area contributed by atoms with Crippen LogP contribution in [0.4, 0.5) is 0 Å². The first kappa shape index (κ1) is 17.7. The molecule has 0 aliphatic rings. The van der Waals surface area contributed by atoms with Gasteiger partial charge in [-0.15, -0.1) is 0 Å². The Morgan fingerprint density at radius 2 is 2.26 bits per heavy atom. The van der Waals surface area contributed by atoms with Crippen molar-refractivity contribution >= 4 is 17.2 Å². The van der Waals surface area contributed by atoms with E-state index >= 15 is 0 Å². The third kappa shape index (κ3) is 4.20. The fourth-order valence-electron chi connectivity index (χ4n) is 2.62. The molecular formula is C17H25N3O2S. The number of carbonyl (C=O) groups is 1. The zero-order chi connectivity index (χ0) is 16.8. The van der Waals surface area contributed by atoms with E-state index in [1.165, 1.54) is 0 Å². The van der Waals surface area contributed by atoms with Crippen molar-refractivity contribution in [3.05, 3.63) is 39.8 Å². The summed E-state index contributed by atoms with van der Waals surface area (Å²) < 4.78 is 1.82. The molecule has 0 saturated heterocycles. The highest BCUT2D eigenvalue weighted by Crippen LogP contribution is 2.18. The molecular weight excluding hydrogens is 310 g/mol. The minimum Gasteiger partial charge on any atom is -0.394 e. The average molecular weight is 335 g/mol. The summed E-state index contributed by atoms with van der Waals surface area (Å²) >= 11 is 1.61. The van der Waals surface area contributed by atoms with Crippen LogP contribution < -0.4 is 0 Å². The number of hydrogen-bond acceptors (Lipinski definition) is 4. The van der Waals surface area contributed by atoms with Crippen LogP contribution in [0.2, 0.25) is 0 Å². The SMILES string of the molecule is CCCn1cc(C(=O)N(Cc2ccsc2)[C@@H](CC)CO)c(C)n1. The summed E-state index contributed by atoms with van der Waals surface area (Å²) in [7, 11) is 0. The van der Waals surface area contributed by atoms with E-state index in [2.05, 4.69) is 12.0 Å². The van der Waals surface area contributed by atoms with Crippen LogP contribution in [-0.2, 0) is 13.1 Å².